The molecule has 1 aromatic carbocycles. The highest BCUT2D eigenvalue weighted by atomic mass is 19.1. The van der Waals surface area contributed by atoms with Gasteiger partial charge < -0.3 is 4.57 Å². The van der Waals surface area contributed by atoms with Crippen LogP contribution < -0.4 is 0 Å². The van der Waals surface area contributed by atoms with E-state index in [0.29, 0.717) is 5.52 Å². The van der Waals surface area contributed by atoms with Crippen molar-refractivity contribution in [3.8, 4) is 0 Å². The van der Waals surface area contributed by atoms with E-state index >= 15 is 0 Å². The van der Waals surface area contributed by atoms with E-state index in [9.17, 15) is 4.39 Å². The molecule has 3 heteroatoms. The third-order valence-electron chi connectivity index (χ3n) is 2.23. The predicted octanol–water partition coefficient (Wildman–Crippen LogP) is 2.93. The van der Waals surface area contributed by atoms with Gasteiger partial charge in [0.05, 0.1) is 17.4 Å². The zero-order chi connectivity index (χ0) is 10.3. The van der Waals surface area contributed by atoms with Crippen LogP contribution in [0.1, 0.15) is 20.8 Å². The monoisotopic (exact) mass is 192 g/mol. The quantitative estimate of drug-likeness (QED) is 0.627. The number of hydrogen-bond donors (Lipinski definition) is 0. The molecule has 0 spiro atoms. The average Bonchev–Trinajstić information content (AvgIpc) is 2.45. The van der Waals surface area contributed by atoms with Gasteiger partial charge in [-0.25, -0.2) is 9.37 Å². The molecule has 2 aromatic rings. The van der Waals surface area contributed by atoms with Crippen LogP contribution in [0.2, 0.25) is 0 Å². The lowest BCUT2D eigenvalue weighted by Gasteiger charge is -2.21. The van der Waals surface area contributed by atoms with Crippen LogP contribution in [0, 0.1) is 5.82 Å². The summed E-state index contributed by atoms with van der Waals surface area (Å²) < 4.78 is 14.9. The number of benzene rings is 1. The average molecular weight is 192 g/mol. The van der Waals surface area contributed by atoms with Gasteiger partial charge in [-0.2, -0.15) is 0 Å². The summed E-state index contributed by atoms with van der Waals surface area (Å²) in [5, 5.41) is 0. The molecule has 0 saturated carbocycles. The molecule has 1 heterocycles. The topological polar surface area (TPSA) is 17.8 Å². The van der Waals surface area contributed by atoms with Gasteiger partial charge in [-0.15, -0.1) is 0 Å². The molecule has 0 aliphatic rings. The van der Waals surface area contributed by atoms with E-state index in [4.69, 9.17) is 0 Å². The molecule has 74 valence electrons. The standard InChI is InChI=1S/C11H13FN2/c1-11(2,3)14-7-13-9-6-8(12)4-5-10(9)14/h4-7H,1-3H3. The maximum Gasteiger partial charge on any atom is 0.125 e. The third kappa shape index (κ3) is 1.39. The summed E-state index contributed by atoms with van der Waals surface area (Å²) in [5.41, 5.74) is 1.66. The largest absolute Gasteiger partial charge is 0.325 e. The van der Waals surface area contributed by atoms with Crippen molar-refractivity contribution < 1.29 is 4.39 Å². The second kappa shape index (κ2) is 2.80. The number of hydrogen-bond acceptors (Lipinski definition) is 1. The molecule has 0 unspecified atom stereocenters. The van der Waals surface area contributed by atoms with Crippen LogP contribution in [0.25, 0.3) is 11.0 Å². The summed E-state index contributed by atoms with van der Waals surface area (Å²) >= 11 is 0. The Bertz CT molecular complexity index is 466. The van der Waals surface area contributed by atoms with Crippen molar-refractivity contribution in [3.05, 3.63) is 30.3 Å². The minimum Gasteiger partial charge on any atom is -0.325 e. The maximum absolute atomic E-state index is 12.9. The Labute approximate surface area is 82.4 Å². The molecule has 0 atom stereocenters. The van der Waals surface area contributed by atoms with E-state index in [-0.39, 0.29) is 11.4 Å². The lowest BCUT2D eigenvalue weighted by Crippen LogP contribution is -2.20. The molecular formula is C11H13FN2. The second-order valence-corrected chi connectivity index (χ2v) is 4.42. The summed E-state index contributed by atoms with van der Waals surface area (Å²) in [4.78, 5) is 4.17. The highest BCUT2D eigenvalue weighted by Crippen LogP contribution is 2.22. The lowest BCUT2D eigenvalue weighted by atomic mass is 10.1. The van der Waals surface area contributed by atoms with Gasteiger partial charge in [0, 0.05) is 11.6 Å². The first-order valence-corrected chi connectivity index (χ1v) is 4.61. The van der Waals surface area contributed by atoms with Gasteiger partial charge in [0.2, 0.25) is 0 Å². The third-order valence-corrected chi connectivity index (χ3v) is 2.23. The summed E-state index contributed by atoms with van der Waals surface area (Å²) in [6.07, 6.45) is 1.75. The Hall–Kier alpha value is -1.38. The van der Waals surface area contributed by atoms with Crippen molar-refractivity contribution >= 4 is 11.0 Å². The Morgan fingerprint density at radius 1 is 1.29 bits per heavy atom. The molecule has 0 fully saturated rings. The second-order valence-electron chi connectivity index (χ2n) is 4.42. The van der Waals surface area contributed by atoms with Crippen LogP contribution in [0.3, 0.4) is 0 Å². The maximum atomic E-state index is 12.9. The van der Waals surface area contributed by atoms with Gasteiger partial charge in [-0.3, -0.25) is 0 Å². The van der Waals surface area contributed by atoms with E-state index in [1.165, 1.54) is 12.1 Å². The van der Waals surface area contributed by atoms with Gasteiger partial charge in [0.15, 0.2) is 0 Å². The number of fused-ring (bicyclic) bond motifs is 1. The predicted molar refractivity (Wildman–Crippen MR) is 54.7 cm³/mol. The van der Waals surface area contributed by atoms with Crippen molar-refractivity contribution in [2.75, 3.05) is 0 Å². The van der Waals surface area contributed by atoms with Crippen LogP contribution in [0.15, 0.2) is 24.5 Å². The highest BCUT2D eigenvalue weighted by Gasteiger charge is 2.15. The van der Waals surface area contributed by atoms with Crippen molar-refractivity contribution in [2.24, 2.45) is 0 Å². The Balaban J connectivity index is 2.70. The molecular weight excluding hydrogens is 179 g/mol. The fourth-order valence-corrected chi connectivity index (χ4v) is 1.52. The molecule has 14 heavy (non-hydrogen) atoms. The number of nitrogens with zero attached hydrogens (tertiary/aromatic N) is 2. The number of aromatic nitrogens is 2. The molecule has 0 aliphatic heterocycles. The van der Waals surface area contributed by atoms with Gasteiger partial charge >= 0.3 is 0 Å². The molecule has 0 aliphatic carbocycles. The minimum atomic E-state index is -0.239. The fraction of sp³-hybridized carbons (Fsp3) is 0.364. The van der Waals surface area contributed by atoms with Gasteiger partial charge in [-0.1, -0.05) is 0 Å². The molecule has 0 amide bonds. The van der Waals surface area contributed by atoms with Gasteiger partial charge in [0.25, 0.3) is 0 Å². The molecule has 0 radical (unpaired) electrons. The molecule has 0 N–H and O–H groups in total. The van der Waals surface area contributed by atoms with Crippen molar-refractivity contribution in [2.45, 2.75) is 26.3 Å². The van der Waals surface area contributed by atoms with Crippen LogP contribution in [-0.2, 0) is 5.54 Å². The summed E-state index contributed by atoms with van der Waals surface area (Å²) in [5.74, 6) is -0.239. The number of halogens is 1. The lowest BCUT2D eigenvalue weighted by molar-refractivity contribution is 0.408. The Morgan fingerprint density at radius 3 is 2.64 bits per heavy atom. The summed E-state index contributed by atoms with van der Waals surface area (Å²) in [6, 6.07) is 4.69. The zero-order valence-electron chi connectivity index (χ0n) is 8.58. The fourth-order valence-electron chi connectivity index (χ4n) is 1.52. The van der Waals surface area contributed by atoms with Crippen LogP contribution in [-0.4, -0.2) is 9.55 Å². The number of rotatable bonds is 0. The minimum absolute atomic E-state index is 0.0213. The Morgan fingerprint density at radius 2 is 2.00 bits per heavy atom. The first-order chi connectivity index (χ1) is 6.48. The van der Waals surface area contributed by atoms with Crippen LogP contribution in [0.5, 0.6) is 0 Å². The van der Waals surface area contributed by atoms with E-state index < -0.39 is 0 Å². The van der Waals surface area contributed by atoms with Gasteiger partial charge in [-0.05, 0) is 32.9 Å². The van der Waals surface area contributed by atoms with E-state index in [1.807, 2.05) is 4.57 Å². The molecule has 2 nitrogen and oxygen atoms in total. The van der Waals surface area contributed by atoms with E-state index in [2.05, 4.69) is 25.8 Å². The molecule has 2 rings (SSSR count). The Kier molecular flexibility index (Phi) is 1.84. The van der Waals surface area contributed by atoms with E-state index in [0.717, 1.165) is 5.52 Å². The normalized spacial score (nSPS) is 12.3. The molecule has 1 aromatic heterocycles. The highest BCUT2D eigenvalue weighted by molar-refractivity contribution is 5.75. The SMILES string of the molecule is CC(C)(C)n1cnc2cc(F)ccc21. The summed E-state index contributed by atoms with van der Waals surface area (Å²) in [7, 11) is 0. The van der Waals surface area contributed by atoms with Gasteiger partial charge in [0.1, 0.15) is 5.82 Å². The molecule has 0 bridgehead atoms. The van der Waals surface area contributed by atoms with E-state index in [1.54, 1.807) is 12.4 Å². The first kappa shape index (κ1) is 9.19. The van der Waals surface area contributed by atoms with Crippen LogP contribution >= 0.6 is 0 Å². The zero-order valence-corrected chi connectivity index (χ0v) is 8.58. The molecule has 0 saturated heterocycles. The summed E-state index contributed by atoms with van der Waals surface area (Å²) in [6.45, 7) is 6.28. The van der Waals surface area contributed by atoms with Crippen molar-refractivity contribution in [3.63, 3.8) is 0 Å². The van der Waals surface area contributed by atoms with Crippen molar-refractivity contribution in [1.29, 1.82) is 0 Å². The van der Waals surface area contributed by atoms with Crippen LogP contribution in [0.4, 0.5) is 4.39 Å². The number of imidazole rings is 1. The van der Waals surface area contributed by atoms with Crippen molar-refractivity contribution in [1.82, 2.24) is 9.55 Å². The smallest absolute Gasteiger partial charge is 0.125 e. The first-order valence-electron chi connectivity index (χ1n) is 4.61.